The van der Waals surface area contributed by atoms with Gasteiger partial charge in [0.1, 0.15) is 5.82 Å². The molecular formula is C13H13FN2OS. The second-order valence-electron chi connectivity index (χ2n) is 4.02. The van der Waals surface area contributed by atoms with Crippen molar-refractivity contribution in [2.75, 3.05) is 0 Å². The van der Waals surface area contributed by atoms with Crippen LogP contribution in [0.1, 0.15) is 17.1 Å². The van der Waals surface area contributed by atoms with Crippen molar-refractivity contribution in [2.45, 2.75) is 24.5 Å². The molecule has 94 valence electrons. The van der Waals surface area contributed by atoms with E-state index in [2.05, 4.69) is 16.0 Å². The van der Waals surface area contributed by atoms with Gasteiger partial charge < -0.3 is 4.98 Å². The quantitative estimate of drug-likeness (QED) is 0.867. The van der Waals surface area contributed by atoms with E-state index in [0.29, 0.717) is 11.6 Å². The Labute approximate surface area is 108 Å². The summed E-state index contributed by atoms with van der Waals surface area (Å²) in [6, 6.07) is 8.04. The fourth-order valence-corrected chi connectivity index (χ4v) is 2.44. The number of nitrogens with one attached hydrogen (secondary N) is 1. The predicted octanol–water partition coefficient (Wildman–Crippen LogP) is 2.82. The van der Waals surface area contributed by atoms with Crippen LogP contribution in [0.15, 0.2) is 34.0 Å². The maximum absolute atomic E-state index is 13.1. The summed E-state index contributed by atoms with van der Waals surface area (Å²) in [5.74, 6) is 0.199. The van der Waals surface area contributed by atoms with Crippen LogP contribution >= 0.6 is 11.8 Å². The van der Waals surface area contributed by atoms with Crippen LogP contribution in [0.3, 0.4) is 0 Å². The number of H-pyrrole nitrogens is 1. The van der Waals surface area contributed by atoms with Crippen molar-refractivity contribution in [1.82, 2.24) is 9.97 Å². The molecule has 2 aromatic rings. The summed E-state index contributed by atoms with van der Waals surface area (Å²) in [5.41, 5.74) is 0.609. The van der Waals surface area contributed by atoms with Crippen molar-refractivity contribution in [1.29, 1.82) is 0 Å². The maximum Gasteiger partial charge on any atom is 0.287 e. The Morgan fingerprint density at radius 2 is 2.17 bits per heavy atom. The average Bonchev–Trinajstić information content (AvgIpc) is 2.33. The highest BCUT2D eigenvalue weighted by molar-refractivity contribution is 7.98. The van der Waals surface area contributed by atoms with Gasteiger partial charge >= 0.3 is 0 Å². The molecule has 3 nitrogen and oxygen atoms in total. The third-order valence-electron chi connectivity index (χ3n) is 2.44. The molecule has 0 bridgehead atoms. The first-order valence-corrected chi connectivity index (χ1v) is 6.49. The first-order valence-electron chi connectivity index (χ1n) is 5.51. The lowest BCUT2D eigenvalue weighted by molar-refractivity contribution is 0.584. The van der Waals surface area contributed by atoms with Crippen molar-refractivity contribution >= 4 is 11.8 Å². The molecule has 0 amide bonds. The zero-order valence-corrected chi connectivity index (χ0v) is 11.0. The minimum absolute atomic E-state index is 0.138. The van der Waals surface area contributed by atoms with E-state index in [4.69, 9.17) is 0 Å². The van der Waals surface area contributed by atoms with E-state index in [0.717, 1.165) is 4.90 Å². The molecule has 2 rings (SSSR count). The van der Waals surface area contributed by atoms with Crippen molar-refractivity contribution in [3.63, 3.8) is 0 Å². The molecule has 0 aliphatic heterocycles. The topological polar surface area (TPSA) is 45.8 Å². The van der Waals surface area contributed by atoms with Gasteiger partial charge in [-0.25, -0.2) is 4.98 Å². The van der Waals surface area contributed by atoms with E-state index in [1.165, 1.54) is 12.5 Å². The minimum atomic E-state index is -0.806. The summed E-state index contributed by atoms with van der Waals surface area (Å²) in [5, 5.41) is 0. The Morgan fingerprint density at radius 3 is 2.83 bits per heavy atom. The lowest BCUT2D eigenvalue weighted by Crippen LogP contribution is -2.16. The molecule has 0 fully saturated rings. The maximum atomic E-state index is 13.1. The number of nitrogens with zero attached hydrogens (tertiary/aromatic N) is 1. The Kier molecular flexibility index (Phi) is 3.81. The molecule has 0 spiro atoms. The fourth-order valence-electron chi connectivity index (χ4n) is 1.55. The highest BCUT2D eigenvalue weighted by atomic mass is 32.2. The van der Waals surface area contributed by atoms with E-state index in [1.807, 2.05) is 25.1 Å². The highest BCUT2D eigenvalue weighted by Crippen LogP contribution is 2.21. The van der Waals surface area contributed by atoms with Gasteiger partial charge in [-0.3, -0.25) is 4.79 Å². The molecule has 1 heterocycles. The Morgan fingerprint density at radius 1 is 1.39 bits per heavy atom. The molecule has 1 aromatic carbocycles. The number of aryl methyl sites for hydroxylation is 2. The second-order valence-corrected chi connectivity index (χ2v) is 5.07. The van der Waals surface area contributed by atoms with E-state index in [9.17, 15) is 9.18 Å². The van der Waals surface area contributed by atoms with E-state index >= 15 is 0 Å². The van der Waals surface area contributed by atoms with Crippen molar-refractivity contribution in [3.8, 4) is 0 Å². The van der Waals surface area contributed by atoms with Gasteiger partial charge in [0.2, 0.25) is 5.82 Å². The summed E-state index contributed by atoms with van der Waals surface area (Å²) < 4.78 is 13.1. The number of benzene rings is 1. The van der Waals surface area contributed by atoms with Crippen LogP contribution in [-0.4, -0.2) is 9.97 Å². The second kappa shape index (κ2) is 5.35. The first-order chi connectivity index (χ1) is 8.56. The normalized spacial score (nSPS) is 10.6. The molecule has 18 heavy (non-hydrogen) atoms. The number of hydrogen-bond acceptors (Lipinski definition) is 3. The van der Waals surface area contributed by atoms with Crippen molar-refractivity contribution < 1.29 is 4.39 Å². The third-order valence-corrected chi connectivity index (χ3v) is 3.45. The van der Waals surface area contributed by atoms with Crippen LogP contribution in [-0.2, 0) is 5.75 Å². The number of hydrogen-bond donors (Lipinski definition) is 1. The molecule has 0 saturated heterocycles. The van der Waals surface area contributed by atoms with Gasteiger partial charge in [0, 0.05) is 4.90 Å². The molecule has 0 unspecified atom stereocenters. The summed E-state index contributed by atoms with van der Waals surface area (Å²) in [4.78, 5) is 18.8. The van der Waals surface area contributed by atoms with Gasteiger partial charge in [0.25, 0.3) is 5.56 Å². The number of thioether (sulfide) groups is 1. The number of aromatic nitrogens is 2. The van der Waals surface area contributed by atoms with Crippen LogP contribution in [0.5, 0.6) is 0 Å². The lowest BCUT2D eigenvalue weighted by Gasteiger charge is -2.03. The average molecular weight is 264 g/mol. The van der Waals surface area contributed by atoms with Gasteiger partial charge in [-0.2, -0.15) is 4.39 Å². The first kappa shape index (κ1) is 12.8. The van der Waals surface area contributed by atoms with Gasteiger partial charge in [0.05, 0.1) is 11.4 Å². The van der Waals surface area contributed by atoms with Crippen LogP contribution in [0.2, 0.25) is 0 Å². The van der Waals surface area contributed by atoms with Gasteiger partial charge in [0.15, 0.2) is 0 Å². The van der Waals surface area contributed by atoms with Crippen molar-refractivity contribution in [2.24, 2.45) is 0 Å². The summed E-state index contributed by atoms with van der Waals surface area (Å²) in [6.07, 6.45) is 0. The zero-order chi connectivity index (χ0) is 13.1. The predicted molar refractivity (Wildman–Crippen MR) is 70.3 cm³/mol. The SMILES string of the molecule is Cc1cccc(SCc2nc(C)c(F)c(=O)[nH]2)c1. The summed E-state index contributed by atoms with van der Waals surface area (Å²) in [6.45, 7) is 3.51. The Hall–Kier alpha value is -1.62. The Bertz CT molecular complexity index is 625. The summed E-state index contributed by atoms with van der Waals surface area (Å²) >= 11 is 1.56. The van der Waals surface area contributed by atoms with Crippen LogP contribution in [0.25, 0.3) is 0 Å². The van der Waals surface area contributed by atoms with E-state index in [-0.39, 0.29) is 5.69 Å². The van der Waals surface area contributed by atoms with Gasteiger partial charge in [-0.15, -0.1) is 11.8 Å². The van der Waals surface area contributed by atoms with Crippen LogP contribution in [0.4, 0.5) is 4.39 Å². The molecule has 0 aliphatic rings. The van der Waals surface area contributed by atoms with Crippen molar-refractivity contribution in [3.05, 3.63) is 57.5 Å². The zero-order valence-electron chi connectivity index (χ0n) is 10.2. The monoisotopic (exact) mass is 264 g/mol. The molecule has 0 aliphatic carbocycles. The lowest BCUT2D eigenvalue weighted by atomic mass is 10.2. The highest BCUT2D eigenvalue weighted by Gasteiger charge is 2.07. The van der Waals surface area contributed by atoms with Crippen LogP contribution < -0.4 is 5.56 Å². The number of aromatic amines is 1. The standard InChI is InChI=1S/C13H13FN2OS/c1-8-4-3-5-10(6-8)18-7-11-15-9(2)12(14)13(17)16-11/h3-6H,7H2,1-2H3,(H,15,16,17). The van der Waals surface area contributed by atoms with E-state index < -0.39 is 11.4 Å². The van der Waals surface area contributed by atoms with E-state index in [1.54, 1.807) is 11.8 Å². The number of rotatable bonds is 3. The minimum Gasteiger partial charge on any atom is -0.307 e. The summed E-state index contributed by atoms with van der Waals surface area (Å²) in [7, 11) is 0. The molecule has 1 aromatic heterocycles. The fraction of sp³-hybridized carbons (Fsp3) is 0.231. The third kappa shape index (κ3) is 2.98. The molecule has 0 atom stereocenters. The smallest absolute Gasteiger partial charge is 0.287 e. The molecule has 5 heteroatoms. The molecule has 1 N–H and O–H groups in total. The molecular weight excluding hydrogens is 251 g/mol. The molecule has 0 saturated carbocycles. The Balaban J connectivity index is 2.14. The number of halogens is 1. The largest absolute Gasteiger partial charge is 0.307 e. The molecule has 0 radical (unpaired) electrons. The van der Waals surface area contributed by atoms with Gasteiger partial charge in [-0.1, -0.05) is 17.7 Å². The van der Waals surface area contributed by atoms with Gasteiger partial charge in [-0.05, 0) is 26.0 Å². The van der Waals surface area contributed by atoms with Crippen LogP contribution in [0, 0.1) is 19.7 Å².